The first-order valence-electron chi connectivity index (χ1n) is 8.07. The fourth-order valence-electron chi connectivity index (χ4n) is 3.02. The van der Waals surface area contributed by atoms with E-state index in [0.29, 0.717) is 6.42 Å². The largest absolute Gasteiger partial charge is 0.245 e. The summed E-state index contributed by atoms with van der Waals surface area (Å²) in [7, 11) is 0. The molecule has 2 aromatic carbocycles. The maximum absolute atomic E-state index is 10.1. The van der Waals surface area contributed by atoms with Crippen molar-refractivity contribution in [3.05, 3.63) is 96.1 Å². The van der Waals surface area contributed by atoms with Gasteiger partial charge >= 0.3 is 0 Å². The first-order chi connectivity index (χ1) is 11.8. The van der Waals surface area contributed by atoms with E-state index in [9.17, 15) is 5.26 Å². The van der Waals surface area contributed by atoms with Gasteiger partial charge < -0.3 is 0 Å². The predicted molar refractivity (Wildman–Crippen MR) is 94.2 cm³/mol. The molecule has 0 N–H and O–H groups in total. The fraction of sp³-hybridized carbons (Fsp3) is 0.190. The maximum atomic E-state index is 10.1. The predicted octanol–water partition coefficient (Wildman–Crippen LogP) is 4.11. The van der Waals surface area contributed by atoms with Gasteiger partial charge in [0.2, 0.25) is 0 Å². The van der Waals surface area contributed by atoms with Crippen LogP contribution in [0.5, 0.6) is 0 Å². The number of rotatable bonds is 6. The van der Waals surface area contributed by atoms with Gasteiger partial charge in [0.25, 0.3) is 0 Å². The molecule has 0 spiro atoms. The molecule has 24 heavy (non-hydrogen) atoms. The summed E-state index contributed by atoms with van der Waals surface area (Å²) >= 11 is 0. The molecule has 0 aliphatic heterocycles. The van der Waals surface area contributed by atoms with Crippen LogP contribution in [-0.4, -0.2) is 9.97 Å². The smallest absolute Gasteiger partial charge is 0.115 e. The van der Waals surface area contributed by atoms with Gasteiger partial charge in [0.05, 0.1) is 11.5 Å². The molecule has 3 nitrogen and oxygen atoms in total. The molecule has 3 aromatic rings. The van der Waals surface area contributed by atoms with Crippen molar-refractivity contribution < 1.29 is 0 Å². The Balaban J connectivity index is 1.92. The third-order valence-corrected chi connectivity index (χ3v) is 4.34. The van der Waals surface area contributed by atoms with Crippen molar-refractivity contribution in [2.45, 2.75) is 24.7 Å². The number of aromatic nitrogens is 2. The molecule has 1 aromatic heterocycles. The summed E-state index contributed by atoms with van der Waals surface area (Å²) in [6.45, 7) is 0. The molecule has 1 unspecified atom stereocenters. The van der Waals surface area contributed by atoms with Gasteiger partial charge in [-0.2, -0.15) is 5.26 Å². The zero-order chi connectivity index (χ0) is 16.7. The Bertz CT molecular complexity index is 795. The zero-order valence-corrected chi connectivity index (χ0v) is 13.5. The SMILES string of the molecule is N#CC(CCc1ccccc1)(Cc1cncnc1)c1ccccc1. The van der Waals surface area contributed by atoms with Crippen molar-refractivity contribution >= 4 is 0 Å². The minimum atomic E-state index is -0.582. The first-order valence-corrected chi connectivity index (χ1v) is 8.07. The van der Waals surface area contributed by atoms with Gasteiger partial charge in [-0.05, 0) is 36.0 Å². The van der Waals surface area contributed by atoms with E-state index < -0.39 is 5.41 Å². The molecule has 0 aliphatic carbocycles. The van der Waals surface area contributed by atoms with Gasteiger partial charge in [0.1, 0.15) is 6.33 Å². The van der Waals surface area contributed by atoms with E-state index in [0.717, 1.165) is 24.0 Å². The highest BCUT2D eigenvalue weighted by molar-refractivity contribution is 5.35. The number of nitriles is 1. The van der Waals surface area contributed by atoms with Crippen LogP contribution < -0.4 is 0 Å². The van der Waals surface area contributed by atoms with Gasteiger partial charge in [-0.3, -0.25) is 0 Å². The molecule has 3 heteroatoms. The number of hydrogen-bond donors (Lipinski definition) is 0. The van der Waals surface area contributed by atoms with E-state index in [4.69, 9.17) is 0 Å². The lowest BCUT2D eigenvalue weighted by Crippen LogP contribution is -2.28. The van der Waals surface area contributed by atoms with Crippen LogP contribution in [0.15, 0.2) is 79.4 Å². The Kier molecular flexibility index (Phi) is 4.98. The summed E-state index contributed by atoms with van der Waals surface area (Å²) in [5, 5.41) is 10.1. The summed E-state index contributed by atoms with van der Waals surface area (Å²) in [4.78, 5) is 8.19. The lowest BCUT2D eigenvalue weighted by atomic mass is 9.73. The second-order valence-electron chi connectivity index (χ2n) is 5.97. The summed E-state index contributed by atoms with van der Waals surface area (Å²) in [5.41, 5.74) is 2.70. The standard InChI is InChI=1S/C21H19N3/c22-16-21(20-9-5-2-6-10-20,13-19-14-23-17-24-15-19)12-11-18-7-3-1-4-8-18/h1-10,14-15,17H,11-13H2. The Hall–Kier alpha value is -2.99. The third-order valence-electron chi connectivity index (χ3n) is 4.34. The normalized spacial score (nSPS) is 13.0. The molecule has 0 radical (unpaired) electrons. The van der Waals surface area contributed by atoms with E-state index >= 15 is 0 Å². The summed E-state index contributed by atoms with van der Waals surface area (Å²) in [5.74, 6) is 0. The van der Waals surface area contributed by atoms with Crippen LogP contribution in [0.1, 0.15) is 23.1 Å². The molecule has 0 aliphatic rings. The molecule has 118 valence electrons. The van der Waals surface area contributed by atoms with Crippen LogP contribution in [0.4, 0.5) is 0 Å². The highest BCUT2D eigenvalue weighted by Gasteiger charge is 2.32. The lowest BCUT2D eigenvalue weighted by molar-refractivity contribution is 0.498. The second-order valence-corrected chi connectivity index (χ2v) is 5.97. The highest BCUT2D eigenvalue weighted by atomic mass is 14.8. The van der Waals surface area contributed by atoms with E-state index in [-0.39, 0.29) is 0 Å². The van der Waals surface area contributed by atoms with E-state index in [2.05, 4.69) is 28.2 Å². The molecule has 1 heterocycles. The van der Waals surface area contributed by atoms with E-state index in [1.807, 2.05) is 48.5 Å². The monoisotopic (exact) mass is 313 g/mol. The fourth-order valence-corrected chi connectivity index (χ4v) is 3.02. The summed E-state index contributed by atoms with van der Waals surface area (Å²) in [6.07, 6.45) is 7.34. The molecular formula is C21H19N3. The van der Waals surface area contributed by atoms with E-state index in [1.165, 1.54) is 11.9 Å². The quantitative estimate of drug-likeness (QED) is 0.688. The molecule has 0 amide bonds. The first kappa shape index (κ1) is 15.9. The molecule has 3 rings (SSSR count). The topological polar surface area (TPSA) is 49.6 Å². The van der Waals surface area contributed by atoms with Gasteiger partial charge in [-0.25, -0.2) is 9.97 Å². The van der Waals surface area contributed by atoms with Crippen LogP contribution in [0.25, 0.3) is 0 Å². The number of benzene rings is 2. The van der Waals surface area contributed by atoms with Crippen molar-refractivity contribution in [3.8, 4) is 6.07 Å². The lowest BCUT2D eigenvalue weighted by Gasteiger charge is -2.27. The molecule has 0 bridgehead atoms. The van der Waals surface area contributed by atoms with Crippen LogP contribution in [-0.2, 0) is 18.3 Å². The van der Waals surface area contributed by atoms with Crippen LogP contribution in [0.2, 0.25) is 0 Å². The molecule has 0 saturated heterocycles. The summed E-state index contributed by atoms with van der Waals surface area (Å²) < 4.78 is 0. The van der Waals surface area contributed by atoms with Crippen molar-refractivity contribution in [3.63, 3.8) is 0 Å². The molecule has 0 fully saturated rings. The molecular weight excluding hydrogens is 294 g/mol. The Morgan fingerprint density at radius 3 is 2.08 bits per heavy atom. The van der Waals surface area contributed by atoms with Crippen LogP contribution in [0, 0.1) is 11.3 Å². The van der Waals surface area contributed by atoms with Crippen molar-refractivity contribution in [2.75, 3.05) is 0 Å². The highest BCUT2D eigenvalue weighted by Crippen LogP contribution is 2.32. The van der Waals surface area contributed by atoms with Gasteiger partial charge in [-0.1, -0.05) is 60.7 Å². The van der Waals surface area contributed by atoms with Crippen molar-refractivity contribution in [1.82, 2.24) is 9.97 Å². The zero-order valence-electron chi connectivity index (χ0n) is 13.5. The molecule has 0 saturated carbocycles. The number of hydrogen-bond acceptors (Lipinski definition) is 3. The van der Waals surface area contributed by atoms with Crippen LogP contribution >= 0.6 is 0 Å². The van der Waals surface area contributed by atoms with Crippen molar-refractivity contribution in [2.24, 2.45) is 0 Å². The molecule has 1 atom stereocenters. The second kappa shape index (κ2) is 7.52. The number of nitrogens with zero attached hydrogens (tertiary/aromatic N) is 3. The summed E-state index contributed by atoms with van der Waals surface area (Å²) in [6, 6.07) is 22.9. The Morgan fingerprint density at radius 2 is 1.46 bits per heavy atom. The van der Waals surface area contributed by atoms with Gasteiger partial charge in [0, 0.05) is 12.4 Å². The van der Waals surface area contributed by atoms with Crippen LogP contribution in [0.3, 0.4) is 0 Å². The third kappa shape index (κ3) is 3.67. The van der Waals surface area contributed by atoms with Gasteiger partial charge in [0.15, 0.2) is 0 Å². The van der Waals surface area contributed by atoms with Crippen molar-refractivity contribution in [1.29, 1.82) is 5.26 Å². The Labute approximate surface area is 142 Å². The minimum Gasteiger partial charge on any atom is -0.245 e. The number of aryl methyl sites for hydroxylation is 1. The van der Waals surface area contributed by atoms with Gasteiger partial charge in [-0.15, -0.1) is 0 Å². The Morgan fingerprint density at radius 1 is 0.833 bits per heavy atom. The maximum Gasteiger partial charge on any atom is 0.115 e. The average molecular weight is 313 g/mol. The minimum absolute atomic E-state index is 0.582. The average Bonchev–Trinajstić information content (AvgIpc) is 2.67. The van der Waals surface area contributed by atoms with E-state index in [1.54, 1.807) is 12.4 Å².